The van der Waals surface area contributed by atoms with Crippen LogP contribution in [-0.4, -0.2) is 47.6 Å². The highest BCUT2D eigenvalue weighted by Gasteiger charge is 2.23. The van der Waals surface area contributed by atoms with Crippen LogP contribution in [0.3, 0.4) is 0 Å². The molecule has 2 N–H and O–H groups in total. The average Bonchev–Trinajstić information content (AvgIpc) is 2.75. The van der Waals surface area contributed by atoms with Crippen LogP contribution in [0.5, 0.6) is 0 Å². The van der Waals surface area contributed by atoms with Crippen molar-refractivity contribution in [3.05, 3.63) is 23.8 Å². The van der Waals surface area contributed by atoms with Crippen molar-refractivity contribution in [2.24, 2.45) is 0 Å². The van der Waals surface area contributed by atoms with E-state index in [2.05, 4.69) is 29.4 Å². The molecule has 0 atom stereocenters. The average molecular weight is 347 g/mol. The highest BCUT2D eigenvalue weighted by molar-refractivity contribution is 7.99. The Kier molecular flexibility index (Phi) is 5.46. The fraction of sp³-hybridized carbons (Fsp3) is 0.556. The molecule has 5 nitrogen and oxygen atoms in total. The van der Waals surface area contributed by atoms with Crippen LogP contribution in [0.4, 0.5) is 5.69 Å². The van der Waals surface area contributed by atoms with Gasteiger partial charge in [-0.25, -0.2) is 0 Å². The van der Waals surface area contributed by atoms with Crippen molar-refractivity contribution >= 4 is 29.3 Å². The zero-order valence-electron chi connectivity index (χ0n) is 14.3. The summed E-state index contributed by atoms with van der Waals surface area (Å²) in [5.74, 6) is 0.739. The second-order valence-electron chi connectivity index (χ2n) is 6.74. The summed E-state index contributed by atoms with van der Waals surface area (Å²) in [6, 6.07) is 6.37. The van der Waals surface area contributed by atoms with Gasteiger partial charge >= 0.3 is 0 Å². The molecule has 1 fully saturated rings. The van der Waals surface area contributed by atoms with Gasteiger partial charge in [0.2, 0.25) is 5.91 Å². The summed E-state index contributed by atoms with van der Waals surface area (Å²) in [7, 11) is 0. The summed E-state index contributed by atoms with van der Waals surface area (Å²) < 4.78 is 0. The van der Waals surface area contributed by atoms with Gasteiger partial charge in [0.15, 0.2) is 0 Å². The van der Waals surface area contributed by atoms with Gasteiger partial charge in [-0.1, -0.05) is 0 Å². The summed E-state index contributed by atoms with van der Waals surface area (Å²) in [4.78, 5) is 27.7. The molecule has 2 aliphatic rings. The molecule has 3 rings (SSSR count). The maximum atomic E-state index is 12.5. The van der Waals surface area contributed by atoms with Crippen LogP contribution >= 0.6 is 11.8 Å². The van der Waals surface area contributed by atoms with E-state index in [1.165, 1.54) is 0 Å². The van der Waals surface area contributed by atoms with Crippen LogP contribution in [0.25, 0.3) is 0 Å². The van der Waals surface area contributed by atoms with Crippen molar-refractivity contribution in [3.63, 3.8) is 0 Å². The first-order chi connectivity index (χ1) is 11.5. The monoisotopic (exact) mass is 347 g/mol. The van der Waals surface area contributed by atoms with E-state index in [9.17, 15) is 9.59 Å². The lowest BCUT2D eigenvalue weighted by atomic mass is 10.0. The summed E-state index contributed by atoms with van der Waals surface area (Å²) >= 11 is 1.65. The molecule has 1 aromatic rings. The fourth-order valence-electron chi connectivity index (χ4n) is 3.19. The van der Waals surface area contributed by atoms with Crippen LogP contribution in [0.1, 0.15) is 43.5 Å². The summed E-state index contributed by atoms with van der Waals surface area (Å²) in [5, 5.41) is 6.04. The Balaban J connectivity index is 1.63. The Morgan fingerprint density at radius 3 is 2.79 bits per heavy atom. The molecule has 6 heteroatoms. The van der Waals surface area contributed by atoms with E-state index in [-0.39, 0.29) is 17.9 Å². The zero-order valence-corrected chi connectivity index (χ0v) is 15.1. The van der Waals surface area contributed by atoms with Crippen molar-refractivity contribution in [1.29, 1.82) is 0 Å². The number of carbonyl (C=O) groups is 2. The van der Waals surface area contributed by atoms with E-state index < -0.39 is 0 Å². The van der Waals surface area contributed by atoms with Crippen LogP contribution in [0.2, 0.25) is 0 Å². The second kappa shape index (κ2) is 7.57. The number of piperidine rings is 1. The van der Waals surface area contributed by atoms with Gasteiger partial charge in [-0.2, -0.15) is 0 Å². The van der Waals surface area contributed by atoms with Crippen molar-refractivity contribution < 1.29 is 9.59 Å². The topological polar surface area (TPSA) is 61.4 Å². The summed E-state index contributed by atoms with van der Waals surface area (Å²) in [6.07, 6.45) is 2.48. The van der Waals surface area contributed by atoms with E-state index in [4.69, 9.17) is 0 Å². The van der Waals surface area contributed by atoms with E-state index >= 15 is 0 Å². The molecular formula is C18H25N3O2S. The molecule has 0 aromatic heterocycles. The summed E-state index contributed by atoms with van der Waals surface area (Å²) in [6.45, 7) is 6.47. The third-order valence-corrected chi connectivity index (χ3v) is 5.77. The maximum Gasteiger partial charge on any atom is 0.251 e. The van der Waals surface area contributed by atoms with Crippen LogP contribution in [0, 0.1) is 0 Å². The van der Waals surface area contributed by atoms with Gasteiger partial charge in [-0.15, -0.1) is 11.8 Å². The third-order valence-electron chi connectivity index (χ3n) is 4.70. The molecule has 2 aliphatic heterocycles. The number of hydrogen-bond acceptors (Lipinski definition) is 4. The van der Waals surface area contributed by atoms with Gasteiger partial charge in [0.25, 0.3) is 5.91 Å². The molecule has 0 aliphatic carbocycles. The Hall–Kier alpha value is -1.53. The number of likely N-dealkylation sites (tertiary alicyclic amines) is 1. The minimum absolute atomic E-state index is 0.0138. The summed E-state index contributed by atoms with van der Waals surface area (Å²) in [5.41, 5.74) is 1.37. The Bertz CT molecular complexity index is 625. The quantitative estimate of drug-likeness (QED) is 0.883. The Labute approximate surface area is 147 Å². The van der Waals surface area contributed by atoms with E-state index in [1.54, 1.807) is 17.8 Å². The molecule has 1 aromatic carbocycles. The van der Waals surface area contributed by atoms with Crippen LogP contribution in [-0.2, 0) is 4.79 Å². The Morgan fingerprint density at radius 2 is 2.08 bits per heavy atom. The number of carbonyl (C=O) groups excluding carboxylic acids is 2. The fourth-order valence-corrected chi connectivity index (χ4v) is 4.13. The number of nitrogens with one attached hydrogen (secondary N) is 2. The van der Waals surface area contributed by atoms with Crippen LogP contribution < -0.4 is 10.6 Å². The number of thioether (sulfide) groups is 1. The molecule has 1 saturated heterocycles. The van der Waals surface area contributed by atoms with E-state index in [0.29, 0.717) is 18.0 Å². The zero-order chi connectivity index (χ0) is 17.1. The molecular weight excluding hydrogens is 322 g/mol. The predicted molar refractivity (Wildman–Crippen MR) is 97.6 cm³/mol. The molecule has 0 radical (unpaired) electrons. The molecule has 0 bridgehead atoms. The molecule has 130 valence electrons. The number of benzene rings is 1. The minimum Gasteiger partial charge on any atom is -0.349 e. The Morgan fingerprint density at radius 1 is 1.33 bits per heavy atom. The molecule has 0 spiro atoms. The molecule has 0 unspecified atom stereocenters. The normalized spacial score (nSPS) is 19.5. The highest BCUT2D eigenvalue weighted by atomic mass is 32.2. The van der Waals surface area contributed by atoms with E-state index in [1.807, 2.05) is 12.1 Å². The predicted octanol–water partition coefficient (Wildman–Crippen LogP) is 2.72. The van der Waals surface area contributed by atoms with Crippen molar-refractivity contribution in [2.45, 2.75) is 50.1 Å². The lowest BCUT2D eigenvalue weighted by Crippen LogP contribution is -2.46. The van der Waals surface area contributed by atoms with Crippen molar-refractivity contribution in [2.75, 3.05) is 24.2 Å². The first-order valence-electron chi connectivity index (χ1n) is 8.64. The largest absolute Gasteiger partial charge is 0.349 e. The van der Waals surface area contributed by atoms with Gasteiger partial charge in [0.05, 0.1) is 5.69 Å². The number of amides is 2. The molecule has 24 heavy (non-hydrogen) atoms. The lowest BCUT2D eigenvalue weighted by molar-refractivity contribution is -0.115. The number of nitrogens with zero attached hydrogens (tertiary/aromatic N) is 1. The second-order valence-corrected chi connectivity index (χ2v) is 7.87. The standard InChI is InChI=1S/C18H25N3O2S/c1-12(2)21-8-5-14(6-9-21)19-18(23)13-3-4-16-15(11-13)20-17(22)7-10-24-16/h3-4,11-12,14H,5-10H2,1-2H3,(H,19,23)(H,20,22). The molecule has 2 amide bonds. The van der Waals surface area contributed by atoms with Gasteiger partial charge in [-0.3, -0.25) is 9.59 Å². The number of fused-ring (bicyclic) bond motifs is 1. The van der Waals surface area contributed by atoms with Crippen LogP contribution in [0.15, 0.2) is 23.1 Å². The number of anilines is 1. The number of hydrogen-bond donors (Lipinski definition) is 2. The van der Waals surface area contributed by atoms with Gasteiger partial charge < -0.3 is 15.5 Å². The third kappa shape index (κ3) is 4.11. The molecule has 0 saturated carbocycles. The van der Waals surface area contributed by atoms with Gasteiger partial charge in [0.1, 0.15) is 0 Å². The maximum absolute atomic E-state index is 12.5. The van der Waals surface area contributed by atoms with E-state index in [0.717, 1.165) is 42.3 Å². The highest BCUT2D eigenvalue weighted by Crippen LogP contribution is 2.31. The van der Waals surface area contributed by atoms with Gasteiger partial charge in [0, 0.05) is 47.8 Å². The smallest absolute Gasteiger partial charge is 0.251 e. The first-order valence-corrected chi connectivity index (χ1v) is 9.63. The minimum atomic E-state index is -0.0516. The lowest BCUT2D eigenvalue weighted by Gasteiger charge is -2.34. The number of rotatable bonds is 3. The van der Waals surface area contributed by atoms with Crippen molar-refractivity contribution in [3.8, 4) is 0 Å². The molecule has 2 heterocycles. The first kappa shape index (κ1) is 17.3. The van der Waals surface area contributed by atoms with Gasteiger partial charge in [-0.05, 0) is 44.9 Å². The van der Waals surface area contributed by atoms with Crippen molar-refractivity contribution in [1.82, 2.24) is 10.2 Å². The SMILES string of the molecule is CC(C)N1CCC(NC(=O)c2ccc3c(c2)NC(=O)CCS3)CC1.